The zero-order chi connectivity index (χ0) is 14.7. The van der Waals surface area contributed by atoms with E-state index in [1.807, 2.05) is 17.5 Å². The summed E-state index contributed by atoms with van der Waals surface area (Å²) in [6.45, 7) is 2.21. The molecule has 2 aromatic heterocycles. The van der Waals surface area contributed by atoms with Crippen LogP contribution in [0.25, 0.3) is 10.7 Å². The molecule has 1 aliphatic rings. The first-order valence-electron chi connectivity index (χ1n) is 7.13. The van der Waals surface area contributed by atoms with E-state index in [0.29, 0.717) is 37.0 Å². The predicted molar refractivity (Wildman–Crippen MR) is 88.1 cm³/mol. The molecule has 3 rings (SSSR count). The van der Waals surface area contributed by atoms with Gasteiger partial charge < -0.3 is 15.0 Å². The highest BCUT2D eigenvalue weighted by Crippen LogP contribution is 2.24. The summed E-state index contributed by atoms with van der Waals surface area (Å²) in [6.07, 6.45) is 2.27. The lowest BCUT2D eigenvalue weighted by molar-refractivity contribution is 0.00676. The van der Waals surface area contributed by atoms with Gasteiger partial charge in [0, 0.05) is 26.2 Å². The average molecular weight is 345 g/mol. The lowest BCUT2D eigenvalue weighted by atomic mass is 9.99. The van der Waals surface area contributed by atoms with E-state index in [1.54, 1.807) is 18.4 Å². The Morgan fingerprint density at radius 1 is 1.55 bits per heavy atom. The summed E-state index contributed by atoms with van der Waals surface area (Å²) in [5.41, 5.74) is 5.88. The highest BCUT2D eigenvalue weighted by Gasteiger charge is 2.28. The quantitative estimate of drug-likeness (QED) is 0.895. The van der Waals surface area contributed by atoms with E-state index in [4.69, 9.17) is 15.0 Å². The Balaban J connectivity index is 0.00000176. The first kappa shape index (κ1) is 17.4. The fourth-order valence-electron chi connectivity index (χ4n) is 2.73. The van der Waals surface area contributed by atoms with E-state index >= 15 is 0 Å². The molecule has 1 saturated heterocycles. The molecule has 2 N–H and O–H groups in total. The Kier molecular flexibility index (Phi) is 6.34. The van der Waals surface area contributed by atoms with Crippen molar-refractivity contribution in [1.29, 1.82) is 0 Å². The monoisotopic (exact) mass is 344 g/mol. The van der Waals surface area contributed by atoms with Crippen LogP contribution in [-0.4, -0.2) is 47.4 Å². The van der Waals surface area contributed by atoms with Crippen LogP contribution >= 0.6 is 23.7 Å². The van der Waals surface area contributed by atoms with Crippen LogP contribution < -0.4 is 5.73 Å². The minimum absolute atomic E-state index is 0. The number of nitrogens with zero attached hydrogens (tertiary/aromatic N) is 3. The Hall–Kier alpha value is -0.990. The Bertz CT molecular complexity index is 563. The molecule has 0 saturated carbocycles. The van der Waals surface area contributed by atoms with Gasteiger partial charge in [0.25, 0.3) is 0 Å². The van der Waals surface area contributed by atoms with E-state index in [2.05, 4.69) is 15.0 Å². The van der Waals surface area contributed by atoms with Crippen LogP contribution in [0.15, 0.2) is 22.0 Å². The molecule has 6 nitrogen and oxygen atoms in total. The summed E-state index contributed by atoms with van der Waals surface area (Å²) < 4.78 is 10.8. The zero-order valence-corrected chi connectivity index (χ0v) is 14.1. The molecule has 3 heterocycles. The predicted octanol–water partition coefficient (Wildman–Crippen LogP) is 2.16. The number of ether oxygens (including phenoxy) is 1. The number of piperidine rings is 1. The second-order valence-electron chi connectivity index (χ2n) is 5.23. The van der Waals surface area contributed by atoms with Gasteiger partial charge in [-0.25, -0.2) is 0 Å². The maximum atomic E-state index is 5.88. The number of likely N-dealkylation sites (tertiary alicyclic amines) is 1. The van der Waals surface area contributed by atoms with Crippen molar-refractivity contribution >= 4 is 23.7 Å². The maximum Gasteiger partial charge on any atom is 0.241 e. The van der Waals surface area contributed by atoms with Crippen LogP contribution in [0.4, 0.5) is 0 Å². The third-order valence-corrected chi connectivity index (χ3v) is 4.81. The minimum Gasteiger partial charge on any atom is -0.381 e. The molecule has 1 aliphatic heterocycles. The number of hydrogen-bond donors (Lipinski definition) is 1. The van der Waals surface area contributed by atoms with Gasteiger partial charge in [-0.05, 0) is 24.3 Å². The molecular weight excluding hydrogens is 324 g/mol. The Labute approximate surface area is 140 Å². The molecule has 22 heavy (non-hydrogen) atoms. The van der Waals surface area contributed by atoms with Crippen LogP contribution in [0.3, 0.4) is 0 Å². The van der Waals surface area contributed by atoms with E-state index in [1.165, 1.54) is 0 Å². The van der Waals surface area contributed by atoms with Crippen LogP contribution in [0.5, 0.6) is 0 Å². The van der Waals surface area contributed by atoms with Gasteiger partial charge in [-0.3, -0.25) is 4.90 Å². The number of rotatable bonds is 5. The van der Waals surface area contributed by atoms with Crippen molar-refractivity contribution < 1.29 is 9.26 Å². The van der Waals surface area contributed by atoms with Crippen LogP contribution in [0.1, 0.15) is 18.7 Å². The van der Waals surface area contributed by atoms with Crippen molar-refractivity contribution in [2.24, 2.45) is 5.73 Å². The van der Waals surface area contributed by atoms with Crippen LogP contribution in [0.2, 0.25) is 0 Å². The van der Waals surface area contributed by atoms with Crippen molar-refractivity contribution in [3.63, 3.8) is 0 Å². The number of aromatic nitrogens is 2. The second-order valence-corrected chi connectivity index (χ2v) is 6.18. The summed E-state index contributed by atoms with van der Waals surface area (Å²) in [5, 5.41) is 6.05. The van der Waals surface area contributed by atoms with E-state index in [-0.39, 0.29) is 12.4 Å². The Morgan fingerprint density at radius 3 is 3.09 bits per heavy atom. The molecule has 0 aromatic carbocycles. The molecule has 2 atom stereocenters. The summed E-state index contributed by atoms with van der Waals surface area (Å²) >= 11 is 1.61. The highest BCUT2D eigenvalue weighted by molar-refractivity contribution is 7.13. The van der Waals surface area contributed by atoms with Crippen molar-refractivity contribution in [1.82, 2.24) is 15.0 Å². The number of methoxy groups -OCH3 is 1. The molecular formula is C14H21ClN4O2S. The normalized spacial score (nSPS) is 22.5. The number of thiophene rings is 1. The molecule has 1 fully saturated rings. The van der Waals surface area contributed by atoms with Crippen LogP contribution in [0, 0.1) is 0 Å². The zero-order valence-electron chi connectivity index (χ0n) is 12.5. The van der Waals surface area contributed by atoms with Crippen LogP contribution in [-0.2, 0) is 11.3 Å². The molecule has 0 radical (unpaired) electrons. The topological polar surface area (TPSA) is 77.4 Å². The van der Waals surface area contributed by atoms with Gasteiger partial charge in [0.15, 0.2) is 0 Å². The first-order valence-corrected chi connectivity index (χ1v) is 8.01. The van der Waals surface area contributed by atoms with E-state index in [9.17, 15) is 0 Å². The van der Waals surface area contributed by atoms with Crippen molar-refractivity contribution in [2.75, 3.05) is 20.2 Å². The van der Waals surface area contributed by atoms with Gasteiger partial charge in [0.1, 0.15) is 0 Å². The van der Waals surface area contributed by atoms with Gasteiger partial charge >= 0.3 is 0 Å². The average Bonchev–Trinajstić information content (AvgIpc) is 3.18. The second kappa shape index (κ2) is 8.03. The van der Waals surface area contributed by atoms with Crippen molar-refractivity contribution in [3.05, 3.63) is 23.4 Å². The standard InChI is InChI=1S/C14H20N4O2S.ClH/c1-19-11-4-5-18(10(7-11)8-15)9-13-16-14(17-20-13)12-3-2-6-21-12;/h2-3,6,10-11H,4-5,7-9,15H2,1H3;1H. The fourth-order valence-corrected chi connectivity index (χ4v) is 3.38. The molecule has 8 heteroatoms. The molecule has 0 aliphatic carbocycles. The van der Waals surface area contributed by atoms with Gasteiger partial charge in [-0.15, -0.1) is 23.7 Å². The lowest BCUT2D eigenvalue weighted by Crippen LogP contribution is -2.48. The Morgan fingerprint density at radius 2 is 2.41 bits per heavy atom. The van der Waals surface area contributed by atoms with Crippen molar-refractivity contribution in [3.8, 4) is 10.7 Å². The number of hydrogen-bond acceptors (Lipinski definition) is 7. The smallest absolute Gasteiger partial charge is 0.241 e. The summed E-state index contributed by atoms with van der Waals surface area (Å²) in [4.78, 5) is 7.81. The highest BCUT2D eigenvalue weighted by atomic mass is 35.5. The molecule has 0 spiro atoms. The SMILES string of the molecule is COC1CCN(Cc2nc(-c3cccs3)no2)C(CN)C1.Cl. The summed E-state index contributed by atoms with van der Waals surface area (Å²) in [7, 11) is 1.76. The number of nitrogens with two attached hydrogens (primary N) is 1. The summed E-state index contributed by atoms with van der Waals surface area (Å²) in [6, 6.07) is 4.28. The summed E-state index contributed by atoms with van der Waals surface area (Å²) in [5.74, 6) is 1.31. The molecule has 2 aromatic rings. The molecule has 0 amide bonds. The van der Waals surface area contributed by atoms with Gasteiger partial charge in [-0.1, -0.05) is 11.2 Å². The van der Waals surface area contributed by atoms with Gasteiger partial charge in [0.05, 0.1) is 17.5 Å². The molecule has 2 unspecified atom stereocenters. The molecule has 122 valence electrons. The van der Waals surface area contributed by atoms with Gasteiger partial charge in [-0.2, -0.15) is 4.98 Å². The lowest BCUT2D eigenvalue weighted by Gasteiger charge is -2.37. The fraction of sp³-hybridized carbons (Fsp3) is 0.571. The third kappa shape index (κ3) is 3.85. The van der Waals surface area contributed by atoms with E-state index in [0.717, 1.165) is 24.3 Å². The minimum atomic E-state index is 0. The van der Waals surface area contributed by atoms with Crippen molar-refractivity contribution in [2.45, 2.75) is 31.5 Å². The largest absolute Gasteiger partial charge is 0.381 e. The first-order chi connectivity index (χ1) is 10.3. The van der Waals surface area contributed by atoms with E-state index < -0.39 is 0 Å². The molecule has 0 bridgehead atoms. The third-order valence-electron chi connectivity index (χ3n) is 3.94. The number of halogens is 1. The van der Waals surface area contributed by atoms with Gasteiger partial charge in [0.2, 0.25) is 11.7 Å². The maximum absolute atomic E-state index is 5.88.